The molecule has 3 N–H and O–H groups in total. The third-order valence-corrected chi connectivity index (χ3v) is 3.98. The number of hydrogen-bond donors (Lipinski definition) is 2. The van der Waals surface area contributed by atoms with Crippen LogP contribution in [0.15, 0.2) is 50.1 Å². The molecule has 1 aromatic carbocycles. The third kappa shape index (κ3) is 3.13. The van der Waals surface area contributed by atoms with Crippen molar-refractivity contribution in [1.82, 2.24) is 4.98 Å². The number of rotatable bonds is 4. The lowest BCUT2D eigenvalue weighted by Gasteiger charge is -2.05. The molecule has 0 bridgehead atoms. The predicted molar refractivity (Wildman–Crippen MR) is 65.4 cm³/mol. The zero-order chi connectivity index (χ0) is 14.0. The number of carboxylic acid groups (broad SMARTS) is 1. The lowest BCUT2D eigenvalue weighted by atomic mass is 10.2. The highest BCUT2D eigenvalue weighted by Gasteiger charge is 2.17. The number of sulfonamides is 1. The maximum absolute atomic E-state index is 11.2. The van der Waals surface area contributed by atoms with Gasteiger partial charge in [0.15, 0.2) is 0 Å². The van der Waals surface area contributed by atoms with Gasteiger partial charge in [0.2, 0.25) is 10.0 Å². The van der Waals surface area contributed by atoms with E-state index in [4.69, 9.17) is 14.7 Å². The second-order valence-electron chi connectivity index (χ2n) is 3.41. The first-order valence-electron chi connectivity index (χ1n) is 4.85. The zero-order valence-corrected chi connectivity index (χ0v) is 10.9. The Balaban J connectivity index is 2.47. The molecule has 100 valence electrons. The van der Waals surface area contributed by atoms with Crippen LogP contribution in [0.2, 0.25) is 0 Å². The number of hydrogen-bond acceptors (Lipinski definition) is 6. The van der Waals surface area contributed by atoms with E-state index in [1.165, 1.54) is 24.6 Å². The smallest absolute Gasteiger partial charge is 0.336 e. The van der Waals surface area contributed by atoms with Crippen LogP contribution in [-0.2, 0) is 10.0 Å². The van der Waals surface area contributed by atoms with E-state index in [0.29, 0.717) is 4.90 Å². The van der Waals surface area contributed by atoms with Gasteiger partial charge in [0, 0.05) is 4.90 Å². The summed E-state index contributed by atoms with van der Waals surface area (Å²) < 4.78 is 27.4. The molecule has 2 aromatic rings. The number of benzene rings is 1. The summed E-state index contributed by atoms with van der Waals surface area (Å²) in [5.74, 6) is -1.26. The molecule has 0 spiro atoms. The van der Waals surface area contributed by atoms with Gasteiger partial charge in [0.1, 0.15) is 6.26 Å². The Labute approximate surface area is 112 Å². The summed E-state index contributed by atoms with van der Waals surface area (Å²) in [5, 5.41) is 14.3. The molecule has 0 amide bonds. The van der Waals surface area contributed by atoms with Crippen molar-refractivity contribution < 1.29 is 22.7 Å². The van der Waals surface area contributed by atoms with Crippen LogP contribution in [0.25, 0.3) is 0 Å². The fourth-order valence-electron chi connectivity index (χ4n) is 1.30. The van der Waals surface area contributed by atoms with Crippen LogP contribution in [0.5, 0.6) is 0 Å². The topological polar surface area (TPSA) is 123 Å². The van der Waals surface area contributed by atoms with E-state index in [-0.39, 0.29) is 15.7 Å². The van der Waals surface area contributed by atoms with Crippen LogP contribution < -0.4 is 5.14 Å². The first kappa shape index (κ1) is 13.6. The quantitative estimate of drug-likeness (QED) is 0.868. The molecule has 0 atom stereocenters. The first-order chi connectivity index (χ1) is 8.88. The summed E-state index contributed by atoms with van der Waals surface area (Å²) in [6, 6.07) is 3.58. The van der Waals surface area contributed by atoms with E-state index in [2.05, 4.69) is 4.98 Å². The number of nitrogens with zero attached hydrogens (tertiary/aromatic N) is 1. The number of primary sulfonamides is 1. The number of nitrogens with two attached hydrogens (primary N) is 1. The molecule has 0 saturated carbocycles. The summed E-state index contributed by atoms with van der Waals surface area (Å²) in [6.07, 6.45) is 2.77. The van der Waals surface area contributed by atoms with E-state index in [9.17, 15) is 13.2 Å². The Bertz CT molecular complexity index is 710. The van der Waals surface area contributed by atoms with E-state index < -0.39 is 16.0 Å². The number of aromatic nitrogens is 1. The van der Waals surface area contributed by atoms with Gasteiger partial charge in [0.25, 0.3) is 5.22 Å². The molecular formula is C10H8N2O5S2. The van der Waals surface area contributed by atoms with E-state index >= 15 is 0 Å². The Kier molecular flexibility index (Phi) is 3.60. The molecule has 1 aromatic heterocycles. The minimum atomic E-state index is -3.95. The van der Waals surface area contributed by atoms with Gasteiger partial charge in [-0.1, -0.05) is 0 Å². The van der Waals surface area contributed by atoms with Crippen LogP contribution >= 0.6 is 11.8 Å². The Morgan fingerprint density at radius 3 is 2.68 bits per heavy atom. The second-order valence-corrected chi connectivity index (χ2v) is 5.96. The standard InChI is InChI=1S/C10H8N2O5S2/c11-19(15,16)6-1-2-8(7(5-6)9(13)14)18-10-12-3-4-17-10/h1-5H,(H,13,14)(H2,11,15,16). The fraction of sp³-hybridized carbons (Fsp3) is 0. The Hall–Kier alpha value is -1.84. The van der Waals surface area contributed by atoms with Gasteiger partial charge in [0.05, 0.1) is 16.7 Å². The number of carbonyl (C=O) groups is 1. The van der Waals surface area contributed by atoms with Crippen LogP contribution in [0, 0.1) is 0 Å². The van der Waals surface area contributed by atoms with Crippen molar-refractivity contribution in [3.05, 3.63) is 36.2 Å². The summed E-state index contributed by atoms with van der Waals surface area (Å²) in [6.45, 7) is 0. The van der Waals surface area contributed by atoms with Gasteiger partial charge in [-0.05, 0) is 30.0 Å². The van der Waals surface area contributed by atoms with Gasteiger partial charge in [-0.2, -0.15) is 0 Å². The molecule has 0 aliphatic rings. The molecule has 0 unspecified atom stereocenters. The van der Waals surface area contributed by atoms with Crippen LogP contribution in [0.1, 0.15) is 10.4 Å². The average molecular weight is 300 g/mol. The van der Waals surface area contributed by atoms with Crippen LogP contribution in [-0.4, -0.2) is 24.5 Å². The molecule has 0 aliphatic carbocycles. The molecular weight excluding hydrogens is 292 g/mol. The van der Waals surface area contributed by atoms with Crippen molar-refractivity contribution in [2.45, 2.75) is 15.0 Å². The van der Waals surface area contributed by atoms with Crippen LogP contribution in [0.3, 0.4) is 0 Å². The summed E-state index contributed by atoms with van der Waals surface area (Å²) in [5.41, 5.74) is -0.185. The zero-order valence-electron chi connectivity index (χ0n) is 9.31. The predicted octanol–water partition coefficient (Wildman–Crippen LogP) is 1.17. The minimum absolute atomic E-state index is 0.185. The van der Waals surface area contributed by atoms with Gasteiger partial charge in [-0.3, -0.25) is 0 Å². The Morgan fingerprint density at radius 1 is 1.42 bits per heavy atom. The highest BCUT2D eigenvalue weighted by Crippen LogP contribution is 2.30. The van der Waals surface area contributed by atoms with E-state index in [1.807, 2.05) is 0 Å². The third-order valence-electron chi connectivity index (χ3n) is 2.12. The van der Waals surface area contributed by atoms with Crippen molar-refractivity contribution in [2.24, 2.45) is 5.14 Å². The largest absolute Gasteiger partial charge is 0.478 e. The monoisotopic (exact) mass is 300 g/mol. The molecule has 0 radical (unpaired) electrons. The number of aromatic carboxylic acids is 1. The van der Waals surface area contributed by atoms with Gasteiger partial charge in [-0.25, -0.2) is 23.3 Å². The summed E-state index contributed by atoms with van der Waals surface area (Å²) >= 11 is 0.974. The van der Waals surface area contributed by atoms with Crippen molar-refractivity contribution in [1.29, 1.82) is 0 Å². The number of oxazole rings is 1. The molecule has 7 nitrogen and oxygen atoms in total. The number of carboxylic acids is 1. The molecule has 1 heterocycles. The maximum Gasteiger partial charge on any atom is 0.336 e. The van der Waals surface area contributed by atoms with Crippen molar-refractivity contribution in [2.75, 3.05) is 0 Å². The van der Waals surface area contributed by atoms with Gasteiger partial charge >= 0.3 is 5.97 Å². The molecule has 0 aliphatic heterocycles. The first-order valence-corrected chi connectivity index (χ1v) is 7.21. The van der Waals surface area contributed by atoms with Crippen LogP contribution in [0.4, 0.5) is 0 Å². The highest BCUT2D eigenvalue weighted by atomic mass is 32.2. The van der Waals surface area contributed by atoms with Crippen molar-refractivity contribution in [3.8, 4) is 0 Å². The average Bonchev–Trinajstić information content (AvgIpc) is 2.80. The molecule has 0 saturated heterocycles. The normalized spacial score (nSPS) is 11.4. The van der Waals surface area contributed by atoms with Gasteiger partial charge in [-0.15, -0.1) is 0 Å². The summed E-state index contributed by atoms with van der Waals surface area (Å²) in [7, 11) is -3.95. The maximum atomic E-state index is 11.2. The summed E-state index contributed by atoms with van der Waals surface area (Å²) in [4.78, 5) is 15.0. The van der Waals surface area contributed by atoms with E-state index in [0.717, 1.165) is 17.8 Å². The Morgan fingerprint density at radius 2 is 2.16 bits per heavy atom. The second kappa shape index (κ2) is 5.03. The lowest BCUT2D eigenvalue weighted by molar-refractivity contribution is 0.0693. The molecule has 0 fully saturated rings. The van der Waals surface area contributed by atoms with E-state index in [1.54, 1.807) is 0 Å². The van der Waals surface area contributed by atoms with Crippen molar-refractivity contribution >= 4 is 27.8 Å². The molecule has 19 heavy (non-hydrogen) atoms. The lowest BCUT2D eigenvalue weighted by Crippen LogP contribution is -2.13. The highest BCUT2D eigenvalue weighted by molar-refractivity contribution is 7.99. The molecule has 2 rings (SSSR count). The fourth-order valence-corrected chi connectivity index (χ4v) is 2.63. The SMILES string of the molecule is NS(=O)(=O)c1ccc(Sc2ncco2)c(C(=O)O)c1. The van der Waals surface area contributed by atoms with Gasteiger partial charge < -0.3 is 9.52 Å². The molecule has 9 heteroatoms. The van der Waals surface area contributed by atoms with Crippen molar-refractivity contribution in [3.63, 3.8) is 0 Å². The minimum Gasteiger partial charge on any atom is -0.478 e.